The summed E-state index contributed by atoms with van der Waals surface area (Å²) in [6.07, 6.45) is 0. The van der Waals surface area contributed by atoms with Crippen molar-refractivity contribution < 1.29 is 9.90 Å². The van der Waals surface area contributed by atoms with Crippen LogP contribution >= 0.6 is 0 Å². The van der Waals surface area contributed by atoms with Crippen molar-refractivity contribution in [2.75, 3.05) is 13.2 Å². The molecule has 1 N–H and O–H groups in total. The Morgan fingerprint density at radius 1 is 1.47 bits per heavy atom. The average Bonchev–Trinajstić information content (AvgIpc) is 2.63. The number of benzene rings is 1. The van der Waals surface area contributed by atoms with Crippen LogP contribution in [0.15, 0.2) is 18.2 Å². The summed E-state index contributed by atoms with van der Waals surface area (Å²) in [6, 6.07) is 7.23. The first-order valence-electron chi connectivity index (χ1n) is 6.32. The van der Waals surface area contributed by atoms with Crippen molar-refractivity contribution in [2.45, 2.75) is 26.8 Å². The van der Waals surface area contributed by atoms with Crippen molar-refractivity contribution in [1.82, 2.24) is 4.90 Å². The van der Waals surface area contributed by atoms with Crippen LogP contribution in [-0.4, -0.2) is 29.1 Å². The molecule has 100 valence electrons. The van der Waals surface area contributed by atoms with E-state index in [4.69, 9.17) is 0 Å². The summed E-state index contributed by atoms with van der Waals surface area (Å²) in [5, 5.41) is 18.7. The number of rotatable bonds is 3. The first kappa shape index (κ1) is 13.6. The van der Waals surface area contributed by atoms with E-state index in [9.17, 15) is 15.2 Å². The van der Waals surface area contributed by atoms with Gasteiger partial charge in [-0.2, -0.15) is 5.26 Å². The summed E-state index contributed by atoms with van der Waals surface area (Å²) in [6.45, 7) is 5.99. The van der Waals surface area contributed by atoms with E-state index in [1.165, 1.54) is 0 Å². The molecule has 4 nitrogen and oxygen atoms in total. The third kappa shape index (κ3) is 2.22. The molecule has 1 aromatic carbocycles. The van der Waals surface area contributed by atoms with Crippen LogP contribution in [0.5, 0.6) is 0 Å². The van der Waals surface area contributed by atoms with Gasteiger partial charge < -0.3 is 10.0 Å². The molecule has 0 radical (unpaired) electrons. The highest BCUT2D eigenvalue weighted by Crippen LogP contribution is 2.36. The number of carbonyl (C=O) groups excluding carboxylic acids is 1. The van der Waals surface area contributed by atoms with E-state index in [1.54, 1.807) is 4.90 Å². The second-order valence-electron chi connectivity index (χ2n) is 5.83. The predicted molar refractivity (Wildman–Crippen MR) is 71.4 cm³/mol. The number of hydrogen-bond acceptors (Lipinski definition) is 3. The van der Waals surface area contributed by atoms with Crippen LogP contribution in [-0.2, 0) is 0 Å². The van der Waals surface area contributed by atoms with E-state index in [0.717, 1.165) is 11.1 Å². The zero-order chi connectivity index (χ0) is 14.2. The van der Waals surface area contributed by atoms with E-state index < -0.39 is 11.5 Å². The molecule has 4 heteroatoms. The maximum Gasteiger partial charge on any atom is 0.255 e. The molecule has 0 saturated carbocycles. The number of aliphatic hydroxyl groups is 1. The van der Waals surface area contributed by atoms with Crippen molar-refractivity contribution >= 4 is 5.91 Å². The second-order valence-corrected chi connectivity index (χ2v) is 5.83. The maximum absolute atomic E-state index is 12.5. The minimum absolute atomic E-state index is 0.0236. The highest BCUT2D eigenvalue weighted by atomic mass is 16.3. The summed E-state index contributed by atoms with van der Waals surface area (Å²) in [5.74, 6) is -0.110. The maximum atomic E-state index is 12.5. The summed E-state index contributed by atoms with van der Waals surface area (Å²) < 4.78 is 0. The molecule has 1 aliphatic heterocycles. The van der Waals surface area contributed by atoms with E-state index >= 15 is 0 Å². The van der Waals surface area contributed by atoms with Crippen molar-refractivity contribution in [1.29, 1.82) is 5.26 Å². The van der Waals surface area contributed by atoms with Gasteiger partial charge in [0, 0.05) is 29.7 Å². The molecule has 0 spiro atoms. The predicted octanol–water partition coefficient (Wildman–Crippen LogP) is 2.03. The third-order valence-corrected chi connectivity index (χ3v) is 3.53. The van der Waals surface area contributed by atoms with Crippen LogP contribution < -0.4 is 0 Å². The number of aryl methyl sites for hydroxylation is 1. The fraction of sp³-hybridized carbons (Fsp3) is 0.467. The van der Waals surface area contributed by atoms with E-state index in [1.807, 2.05) is 39.0 Å². The molecule has 1 aromatic rings. The highest BCUT2D eigenvalue weighted by Gasteiger charge is 2.40. The Labute approximate surface area is 113 Å². The average molecular weight is 258 g/mol. The monoisotopic (exact) mass is 258 g/mol. The summed E-state index contributed by atoms with van der Waals surface area (Å²) >= 11 is 0. The lowest BCUT2D eigenvalue weighted by molar-refractivity contribution is 0.0591. The molecule has 0 saturated heterocycles. The van der Waals surface area contributed by atoms with Gasteiger partial charge >= 0.3 is 0 Å². The van der Waals surface area contributed by atoms with Gasteiger partial charge in [-0.1, -0.05) is 32.0 Å². The number of carbonyl (C=O) groups is 1. The van der Waals surface area contributed by atoms with Gasteiger partial charge in [-0.3, -0.25) is 4.79 Å². The summed E-state index contributed by atoms with van der Waals surface area (Å²) in [5.41, 5.74) is 1.90. The Morgan fingerprint density at radius 2 is 2.16 bits per heavy atom. The molecule has 0 fully saturated rings. The molecule has 1 atom stereocenters. The first-order chi connectivity index (χ1) is 8.91. The van der Waals surface area contributed by atoms with Crippen LogP contribution in [0, 0.1) is 23.7 Å². The Bertz CT molecular complexity index is 558. The number of aliphatic hydroxyl groups excluding tert-OH is 1. The molecular weight excluding hydrogens is 240 g/mol. The fourth-order valence-electron chi connectivity index (χ4n) is 2.45. The van der Waals surface area contributed by atoms with Gasteiger partial charge in [0.1, 0.15) is 6.04 Å². The van der Waals surface area contributed by atoms with Crippen molar-refractivity contribution in [3.05, 3.63) is 34.9 Å². The summed E-state index contributed by atoms with van der Waals surface area (Å²) in [4.78, 5) is 14.0. The van der Waals surface area contributed by atoms with Crippen LogP contribution in [0.4, 0.5) is 0 Å². The lowest BCUT2D eigenvalue weighted by atomic mass is 9.93. The lowest BCUT2D eigenvalue weighted by Gasteiger charge is -2.30. The van der Waals surface area contributed by atoms with Gasteiger partial charge in [-0.05, 0) is 12.5 Å². The van der Waals surface area contributed by atoms with Gasteiger partial charge in [0.25, 0.3) is 5.91 Å². The van der Waals surface area contributed by atoms with Crippen LogP contribution in [0.3, 0.4) is 0 Å². The van der Waals surface area contributed by atoms with Crippen LogP contribution in [0.2, 0.25) is 0 Å². The second kappa shape index (κ2) is 4.67. The Balaban J connectivity index is 2.43. The van der Waals surface area contributed by atoms with Crippen molar-refractivity contribution in [3.63, 3.8) is 0 Å². The van der Waals surface area contributed by atoms with E-state index in [-0.39, 0.29) is 12.5 Å². The number of fused-ring (bicyclic) bond motifs is 1. The van der Waals surface area contributed by atoms with Crippen LogP contribution in [0.25, 0.3) is 0 Å². The molecular formula is C15H18N2O2. The van der Waals surface area contributed by atoms with Crippen molar-refractivity contribution in [3.8, 4) is 6.07 Å². The molecule has 19 heavy (non-hydrogen) atoms. The number of nitrogens with zero attached hydrogens (tertiary/aromatic N) is 2. The number of amides is 1. The topological polar surface area (TPSA) is 64.3 Å². The van der Waals surface area contributed by atoms with Gasteiger partial charge in [-0.25, -0.2) is 0 Å². The van der Waals surface area contributed by atoms with Crippen molar-refractivity contribution in [2.24, 2.45) is 5.41 Å². The zero-order valence-electron chi connectivity index (χ0n) is 11.5. The Hall–Kier alpha value is -1.86. The smallest absolute Gasteiger partial charge is 0.255 e. The molecule has 0 aromatic heterocycles. The zero-order valence-corrected chi connectivity index (χ0v) is 11.5. The number of nitriles is 1. The molecule has 0 bridgehead atoms. The lowest BCUT2D eigenvalue weighted by Crippen LogP contribution is -2.38. The molecule has 1 unspecified atom stereocenters. The van der Waals surface area contributed by atoms with Gasteiger partial charge in [-0.15, -0.1) is 0 Å². The standard InChI is InChI=1S/C15H18N2O2/c1-10-5-4-6-11-12(7-16)17(14(19)13(10)11)8-15(2,3)9-18/h4-6,12,18H,8-9H2,1-3H3. The Morgan fingerprint density at radius 3 is 2.74 bits per heavy atom. The van der Waals surface area contributed by atoms with Gasteiger partial charge in [0.2, 0.25) is 0 Å². The van der Waals surface area contributed by atoms with Gasteiger partial charge in [0.05, 0.1) is 6.07 Å². The number of hydrogen-bond donors (Lipinski definition) is 1. The fourth-order valence-corrected chi connectivity index (χ4v) is 2.45. The molecule has 2 rings (SSSR count). The van der Waals surface area contributed by atoms with E-state index in [2.05, 4.69) is 6.07 Å². The molecule has 1 aliphatic rings. The SMILES string of the molecule is Cc1cccc2c1C(=O)N(CC(C)(C)CO)C2C#N. The van der Waals surface area contributed by atoms with Crippen LogP contribution in [0.1, 0.15) is 41.4 Å². The first-order valence-corrected chi connectivity index (χ1v) is 6.32. The quantitative estimate of drug-likeness (QED) is 0.902. The largest absolute Gasteiger partial charge is 0.396 e. The minimum Gasteiger partial charge on any atom is -0.396 e. The Kier molecular flexibility index (Phi) is 3.34. The molecule has 1 amide bonds. The normalized spacial score (nSPS) is 18.4. The summed E-state index contributed by atoms with van der Waals surface area (Å²) in [7, 11) is 0. The minimum atomic E-state index is -0.548. The molecule has 0 aliphatic carbocycles. The highest BCUT2D eigenvalue weighted by molar-refractivity contribution is 6.01. The molecule has 1 heterocycles. The van der Waals surface area contributed by atoms with Gasteiger partial charge in [0.15, 0.2) is 0 Å². The van der Waals surface area contributed by atoms with E-state index in [0.29, 0.717) is 12.1 Å². The third-order valence-electron chi connectivity index (χ3n) is 3.53.